The summed E-state index contributed by atoms with van der Waals surface area (Å²) in [5.41, 5.74) is 0.315. The van der Waals surface area contributed by atoms with E-state index in [1.165, 1.54) is 35.5 Å². The lowest BCUT2D eigenvalue weighted by atomic mass is 10.2. The molecule has 0 aliphatic carbocycles. The van der Waals surface area contributed by atoms with Crippen LogP contribution in [0.25, 0.3) is 0 Å². The molecular formula is C20H24N2O5S2. The standard InChI is InChI=1S/C20H24N2O5S2/c1-2-28(24,25)19-12-5-4-11-18(19)20(23)21-16-9-8-10-17(15-16)29(26,27)22-13-6-3-7-14-22/h4-5,8-12,15H,2-3,6-7,13-14H2,1H3,(H,21,23). The van der Waals surface area contributed by atoms with Gasteiger partial charge in [-0.2, -0.15) is 4.31 Å². The van der Waals surface area contributed by atoms with Gasteiger partial charge in [-0.15, -0.1) is 0 Å². The predicted molar refractivity (Wildman–Crippen MR) is 111 cm³/mol. The highest BCUT2D eigenvalue weighted by Crippen LogP contribution is 2.24. The highest BCUT2D eigenvalue weighted by atomic mass is 32.2. The number of nitrogens with one attached hydrogen (secondary N) is 1. The van der Waals surface area contributed by atoms with Crippen LogP contribution in [0.3, 0.4) is 0 Å². The van der Waals surface area contributed by atoms with E-state index in [0.717, 1.165) is 19.3 Å². The third kappa shape index (κ3) is 4.68. The third-order valence-corrected chi connectivity index (χ3v) is 8.57. The van der Waals surface area contributed by atoms with E-state index >= 15 is 0 Å². The smallest absolute Gasteiger partial charge is 0.256 e. The molecule has 1 heterocycles. The van der Waals surface area contributed by atoms with Crippen LogP contribution in [-0.4, -0.2) is 45.9 Å². The first kappa shape index (κ1) is 21.5. The molecule has 1 aliphatic rings. The van der Waals surface area contributed by atoms with Gasteiger partial charge in [-0.25, -0.2) is 16.8 Å². The maximum absolute atomic E-state index is 12.9. The van der Waals surface area contributed by atoms with Gasteiger partial charge in [-0.3, -0.25) is 4.79 Å². The number of benzene rings is 2. The Hall–Kier alpha value is -2.23. The van der Waals surface area contributed by atoms with Crippen molar-refractivity contribution in [1.29, 1.82) is 0 Å². The highest BCUT2D eigenvalue weighted by molar-refractivity contribution is 7.91. The van der Waals surface area contributed by atoms with Crippen LogP contribution in [0.1, 0.15) is 36.5 Å². The lowest BCUT2D eigenvalue weighted by Crippen LogP contribution is -2.35. The first-order chi connectivity index (χ1) is 13.8. The Morgan fingerprint density at radius 3 is 2.34 bits per heavy atom. The molecule has 29 heavy (non-hydrogen) atoms. The van der Waals surface area contributed by atoms with Gasteiger partial charge in [0.2, 0.25) is 10.0 Å². The summed E-state index contributed by atoms with van der Waals surface area (Å²) in [5, 5.41) is 2.62. The fraction of sp³-hybridized carbons (Fsp3) is 0.350. The van der Waals surface area contributed by atoms with Crippen molar-refractivity contribution in [3.05, 3.63) is 54.1 Å². The van der Waals surface area contributed by atoms with Crippen LogP contribution in [-0.2, 0) is 19.9 Å². The maximum Gasteiger partial charge on any atom is 0.256 e. The number of amides is 1. The molecule has 7 nitrogen and oxygen atoms in total. The van der Waals surface area contributed by atoms with Gasteiger partial charge in [0.15, 0.2) is 9.84 Å². The van der Waals surface area contributed by atoms with Gasteiger partial charge in [0, 0.05) is 18.8 Å². The maximum atomic E-state index is 12.9. The normalized spacial score (nSPS) is 15.8. The SMILES string of the molecule is CCS(=O)(=O)c1ccccc1C(=O)Nc1cccc(S(=O)(=O)N2CCCCC2)c1. The van der Waals surface area contributed by atoms with E-state index in [4.69, 9.17) is 0 Å². The fourth-order valence-electron chi connectivity index (χ4n) is 3.27. The largest absolute Gasteiger partial charge is 0.322 e. The summed E-state index contributed by atoms with van der Waals surface area (Å²) in [6.07, 6.45) is 2.68. The summed E-state index contributed by atoms with van der Waals surface area (Å²) in [7, 11) is -7.21. The molecule has 9 heteroatoms. The molecule has 2 aromatic rings. The minimum absolute atomic E-state index is 0.0265. The average molecular weight is 437 g/mol. The first-order valence-electron chi connectivity index (χ1n) is 9.49. The van der Waals surface area contributed by atoms with E-state index in [2.05, 4.69) is 5.32 Å². The minimum Gasteiger partial charge on any atom is -0.322 e. The van der Waals surface area contributed by atoms with Crippen LogP contribution < -0.4 is 5.32 Å². The molecular weight excluding hydrogens is 412 g/mol. The topological polar surface area (TPSA) is 101 Å². The molecule has 1 amide bonds. The molecule has 3 rings (SSSR count). The molecule has 156 valence electrons. The predicted octanol–water partition coefficient (Wildman–Crippen LogP) is 2.91. The summed E-state index contributed by atoms with van der Waals surface area (Å²) < 4.78 is 51.7. The molecule has 1 N–H and O–H groups in total. The molecule has 1 aliphatic heterocycles. The minimum atomic E-state index is -3.63. The second-order valence-corrected chi connectivity index (χ2v) is 11.0. The molecule has 1 saturated heterocycles. The number of carbonyl (C=O) groups is 1. The van der Waals surface area contributed by atoms with Crippen LogP contribution in [0, 0.1) is 0 Å². The number of nitrogens with zero attached hydrogens (tertiary/aromatic N) is 1. The summed E-state index contributed by atoms with van der Waals surface area (Å²) in [4.78, 5) is 12.8. The van der Waals surface area contributed by atoms with Crippen LogP contribution >= 0.6 is 0 Å². The summed E-state index contributed by atoms with van der Waals surface area (Å²) >= 11 is 0. The number of piperidine rings is 1. The molecule has 0 unspecified atom stereocenters. The van der Waals surface area contributed by atoms with Gasteiger partial charge in [0.05, 0.1) is 21.1 Å². The van der Waals surface area contributed by atoms with Crippen molar-refractivity contribution in [1.82, 2.24) is 4.31 Å². The first-order valence-corrected chi connectivity index (χ1v) is 12.6. The Balaban J connectivity index is 1.87. The Kier molecular flexibility index (Phi) is 6.40. The number of rotatable bonds is 6. The van der Waals surface area contributed by atoms with Gasteiger partial charge in [0.25, 0.3) is 5.91 Å². The Morgan fingerprint density at radius 2 is 1.66 bits per heavy atom. The molecule has 2 aromatic carbocycles. The average Bonchev–Trinajstić information content (AvgIpc) is 2.74. The summed E-state index contributed by atoms with van der Waals surface area (Å²) in [5.74, 6) is -0.730. The van der Waals surface area contributed by atoms with Crippen molar-refractivity contribution in [2.45, 2.75) is 36.0 Å². The number of hydrogen-bond donors (Lipinski definition) is 1. The highest BCUT2D eigenvalue weighted by Gasteiger charge is 2.26. The van der Waals surface area contributed by atoms with E-state index in [9.17, 15) is 21.6 Å². The lowest BCUT2D eigenvalue weighted by molar-refractivity contribution is 0.102. The van der Waals surface area contributed by atoms with E-state index in [0.29, 0.717) is 13.1 Å². The molecule has 1 fully saturated rings. The zero-order chi connectivity index (χ0) is 21.1. The number of carbonyl (C=O) groups excluding carboxylic acids is 1. The van der Waals surface area contributed by atoms with E-state index in [1.807, 2.05) is 0 Å². The Labute approximate surface area is 171 Å². The van der Waals surface area contributed by atoms with Crippen molar-refractivity contribution in [2.75, 3.05) is 24.2 Å². The van der Waals surface area contributed by atoms with Crippen molar-refractivity contribution >= 4 is 31.5 Å². The number of sulfonamides is 1. The number of anilines is 1. The van der Waals surface area contributed by atoms with E-state index in [-0.39, 0.29) is 26.8 Å². The zero-order valence-electron chi connectivity index (χ0n) is 16.2. The molecule has 0 radical (unpaired) electrons. The molecule has 0 atom stereocenters. The second kappa shape index (κ2) is 8.64. The Bertz CT molecular complexity index is 1110. The van der Waals surface area contributed by atoms with Crippen molar-refractivity contribution in [2.24, 2.45) is 0 Å². The van der Waals surface area contributed by atoms with Gasteiger partial charge >= 0.3 is 0 Å². The van der Waals surface area contributed by atoms with Crippen LogP contribution in [0.15, 0.2) is 58.3 Å². The number of sulfone groups is 1. The van der Waals surface area contributed by atoms with Crippen molar-refractivity contribution in [3.63, 3.8) is 0 Å². The molecule has 0 saturated carbocycles. The van der Waals surface area contributed by atoms with E-state index in [1.54, 1.807) is 24.3 Å². The second-order valence-electron chi connectivity index (χ2n) is 6.85. The van der Waals surface area contributed by atoms with Gasteiger partial charge in [-0.1, -0.05) is 31.5 Å². The van der Waals surface area contributed by atoms with Crippen LogP contribution in [0.4, 0.5) is 5.69 Å². The van der Waals surface area contributed by atoms with Crippen molar-refractivity contribution < 1.29 is 21.6 Å². The van der Waals surface area contributed by atoms with Gasteiger partial charge in [0.1, 0.15) is 0 Å². The third-order valence-electron chi connectivity index (χ3n) is 4.89. The van der Waals surface area contributed by atoms with Gasteiger partial charge in [-0.05, 0) is 43.2 Å². The summed E-state index contributed by atoms with van der Waals surface area (Å²) in [6.45, 7) is 2.49. The lowest BCUT2D eigenvalue weighted by Gasteiger charge is -2.26. The van der Waals surface area contributed by atoms with Gasteiger partial charge < -0.3 is 5.32 Å². The molecule has 0 spiro atoms. The monoisotopic (exact) mass is 436 g/mol. The molecule has 0 bridgehead atoms. The van der Waals surface area contributed by atoms with E-state index < -0.39 is 25.8 Å². The van der Waals surface area contributed by atoms with Crippen molar-refractivity contribution in [3.8, 4) is 0 Å². The molecule has 0 aromatic heterocycles. The fourth-order valence-corrected chi connectivity index (χ4v) is 5.92. The Morgan fingerprint density at radius 1 is 0.966 bits per heavy atom. The number of hydrogen-bond acceptors (Lipinski definition) is 5. The zero-order valence-corrected chi connectivity index (χ0v) is 17.8. The van der Waals surface area contributed by atoms with Crippen LogP contribution in [0.2, 0.25) is 0 Å². The quantitative estimate of drug-likeness (QED) is 0.750. The summed E-state index contributed by atoms with van der Waals surface area (Å²) in [6, 6.07) is 12.0. The van der Waals surface area contributed by atoms with Crippen LogP contribution in [0.5, 0.6) is 0 Å².